The van der Waals surface area contributed by atoms with Crippen LogP contribution in [0.25, 0.3) is 0 Å². The van der Waals surface area contributed by atoms with E-state index in [4.69, 9.17) is 4.42 Å². The molecule has 27 heavy (non-hydrogen) atoms. The van der Waals surface area contributed by atoms with Crippen LogP contribution in [-0.2, 0) is 33.9 Å². The number of alkyl halides is 3. The molecule has 0 aliphatic carbocycles. The van der Waals surface area contributed by atoms with E-state index in [-0.39, 0.29) is 23.2 Å². The van der Waals surface area contributed by atoms with E-state index in [0.717, 1.165) is 6.07 Å². The topological polar surface area (TPSA) is 85.1 Å². The Morgan fingerprint density at radius 2 is 2.00 bits per heavy atom. The summed E-state index contributed by atoms with van der Waals surface area (Å²) in [7, 11) is -1.65. The van der Waals surface area contributed by atoms with Crippen molar-refractivity contribution < 1.29 is 31.0 Å². The molecule has 1 heterocycles. The van der Waals surface area contributed by atoms with Gasteiger partial charge in [-0.25, -0.2) is 4.39 Å². The van der Waals surface area contributed by atoms with E-state index >= 15 is 0 Å². The van der Waals surface area contributed by atoms with Crippen LogP contribution < -0.4 is 5.32 Å². The highest BCUT2D eigenvalue weighted by Gasteiger charge is 2.35. The summed E-state index contributed by atoms with van der Waals surface area (Å²) in [6.45, 7) is 3.22. The SMILES string of the molecule is CCC[S@@](=O)Cc1c(C(F)(F)F)ccc(CC(=O)Nc2nnc(C)o2)c1F. The molecule has 2 aromatic rings. The molecule has 1 amide bonds. The molecule has 0 spiro atoms. The fourth-order valence-electron chi connectivity index (χ4n) is 2.36. The van der Waals surface area contributed by atoms with Gasteiger partial charge in [0.05, 0.1) is 17.7 Å². The zero-order chi connectivity index (χ0) is 20.2. The van der Waals surface area contributed by atoms with Crippen LogP contribution in [-0.4, -0.2) is 26.1 Å². The summed E-state index contributed by atoms with van der Waals surface area (Å²) in [5.74, 6) is -2.15. The lowest BCUT2D eigenvalue weighted by Crippen LogP contribution is -2.18. The number of rotatable bonds is 7. The molecule has 0 fully saturated rings. The Hall–Kier alpha value is -2.30. The summed E-state index contributed by atoms with van der Waals surface area (Å²) in [5.41, 5.74) is -2.14. The Labute approximate surface area is 154 Å². The standard InChI is InChI=1S/C16H17F4N3O3S/c1-3-6-27(25)8-11-12(16(18,19)20)5-4-10(14(11)17)7-13(24)21-15-23-22-9(2)26-15/h4-5H,3,6-8H2,1-2H3,(H,21,23,24)/t27-/m1/s1. The van der Waals surface area contributed by atoms with Crippen LogP contribution >= 0.6 is 0 Å². The molecule has 1 aromatic heterocycles. The number of nitrogens with zero attached hydrogens (tertiary/aromatic N) is 2. The molecule has 0 unspecified atom stereocenters. The van der Waals surface area contributed by atoms with Gasteiger partial charge in [0.25, 0.3) is 0 Å². The summed E-state index contributed by atoms with van der Waals surface area (Å²) < 4.78 is 71.1. The highest BCUT2D eigenvalue weighted by molar-refractivity contribution is 7.84. The van der Waals surface area contributed by atoms with Gasteiger partial charge < -0.3 is 4.42 Å². The van der Waals surface area contributed by atoms with Gasteiger partial charge in [-0.2, -0.15) is 13.2 Å². The highest BCUT2D eigenvalue weighted by Crippen LogP contribution is 2.35. The number of carbonyl (C=O) groups excluding carboxylic acids is 1. The third kappa shape index (κ3) is 5.59. The second-order valence-corrected chi connectivity index (χ2v) is 7.28. The summed E-state index contributed by atoms with van der Waals surface area (Å²) in [6.07, 6.45) is -4.85. The maximum absolute atomic E-state index is 14.7. The van der Waals surface area contributed by atoms with Gasteiger partial charge in [0.15, 0.2) is 0 Å². The Morgan fingerprint density at radius 3 is 2.56 bits per heavy atom. The second kappa shape index (κ2) is 8.59. The Bertz CT molecular complexity index is 852. The van der Waals surface area contributed by atoms with Crippen molar-refractivity contribution in [3.05, 3.63) is 40.5 Å². The molecule has 0 saturated heterocycles. The van der Waals surface area contributed by atoms with Crippen molar-refractivity contribution in [1.29, 1.82) is 0 Å². The minimum atomic E-state index is -4.80. The number of halogens is 4. The number of amides is 1. The van der Waals surface area contributed by atoms with Crippen LogP contribution in [0.3, 0.4) is 0 Å². The quantitative estimate of drug-likeness (QED) is 0.712. The summed E-state index contributed by atoms with van der Waals surface area (Å²) in [4.78, 5) is 12.0. The first-order valence-electron chi connectivity index (χ1n) is 7.94. The van der Waals surface area contributed by atoms with Gasteiger partial charge >= 0.3 is 12.2 Å². The average Bonchev–Trinajstić information content (AvgIpc) is 2.95. The molecular weight excluding hydrogens is 390 g/mol. The van der Waals surface area contributed by atoms with Gasteiger partial charge in [-0.05, 0) is 18.1 Å². The van der Waals surface area contributed by atoms with Crippen molar-refractivity contribution in [3.8, 4) is 0 Å². The summed E-state index contributed by atoms with van der Waals surface area (Å²) >= 11 is 0. The number of nitrogens with one attached hydrogen (secondary N) is 1. The van der Waals surface area contributed by atoms with Gasteiger partial charge in [0.1, 0.15) is 5.82 Å². The molecule has 0 bridgehead atoms. The lowest BCUT2D eigenvalue weighted by molar-refractivity contribution is -0.138. The maximum Gasteiger partial charge on any atom is 0.416 e. The smallest absolute Gasteiger partial charge is 0.408 e. The molecule has 6 nitrogen and oxygen atoms in total. The minimum Gasteiger partial charge on any atom is -0.408 e. The lowest BCUT2D eigenvalue weighted by Gasteiger charge is -2.16. The number of hydrogen-bond acceptors (Lipinski definition) is 5. The summed E-state index contributed by atoms with van der Waals surface area (Å²) in [6, 6.07) is 1.39. The Kier molecular flexibility index (Phi) is 6.68. The molecule has 0 aliphatic rings. The number of aromatic nitrogens is 2. The van der Waals surface area contributed by atoms with E-state index in [2.05, 4.69) is 15.5 Å². The predicted molar refractivity (Wildman–Crippen MR) is 89.8 cm³/mol. The first-order valence-corrected chi connectivity index (χ1v) is 9.43. The van der Waals surface area contributed by atoms with E-state index in [0.29, 0.717) is 12.5 Å². The normalized spacial score (nSPS) is 12.8. The molecule has 0 radical (unpaired) electrons. The monoisotopic (exact) mass is 407 g/mol. The number of benzene rings is 1. The third-order valence-corrected chi connectivity index (χ3v) is 4.96. The second-order valence-electron chi connectivity index (χ2n) is 5.70. The largest absolute Gasteiger partial charge is 0.416 e. The molecule has 1 aromatic carbocycles. The molecule has 1 atom stereocenters. The van der Waals surface area contributed by atoms with Crippen molar-refractivity contribution >= 4 is 22.7 Å². The average molecular weight is 407 g/mol. The molecule has 11 heteroatoms. The lowest BCUT2D eigenvalue weighted by atomic mass is 10.0. The molecule has 148 valence electrons. The van der Waals surface area contributed by atoms with Crippen LogP contribution in [0.5, 0.6) is 0 Å². The molecule has 0 aliphatic heterocycles. The first-order chi connectivity index (χ1) is 12.6. The number of aryl methyl sites for hydroxylation is 1. The molecular formula is C16H17F4N3O3S. The van der Waals surface area contributed by atoms with Gasteiger partial charge in [-0.15, -0.1) is 5.10 Å². The van der Waals surface area contributed by atoms with Gasteiger partial charge in [-0.3, -0.25) is 14.3 Å². The Balaban J connectivity index is 2.28. The zero-order valence-corrected chi connectivity index (χ0v) is 15.3. The minimum absolute atomic E-state index is 0.151. The summed E-state index contributed by atoms with van der Waals surface area (Å²) in [5, 5.41) is 9.28. The van der Waals surface area contributed by atoms with Crippen molar-refractivity contribution in [2.75, 3.05) is 11.1 Å². The molecule has 1 N–H and O–H groups in total. The van der Waals surface area contributed by atoms with Crippen molar-refractivity contribution in [1.82, 2.24) is 10.2 Å². The van der Waals surface area contributed by atoms with Gasteiger partial charge in [0.2, 0.25) is 11.8 Å². The fraction of sp³-hybridized carbons (Fsp3) is 0.438. The number of carbonyl (C=O) groups is 1. The highest BCUT2D eigenvalue weighted by atomic mass is 32.2. The van der Waals surface area contributed by atoms with Crippen LogP contribution in [0.15, 0.2) is 16.5 Å². The number of anilines is 1. The van der Waals surface area contributed by atoms with E-state index in [1.165, 1.54) is 6.92 Å². The molecule has 2 rings (SSSR count). The van der Waals surface area contributed by atoms with Crippen molar-refractivity contribution in [3.63, 3.8) is 0 Å². The number of hydrogen-bond donors (Lipinski definition) is 1. The Morgan fingerprint density at radius 1 is 1.30 bits per heavy atom. The zero-order valence-electron chi connectivity index (χ0n) is 14.5. The van der Waals surface area contributed by atoms with E-state index in [1.54, 1.807) is 6.92 Å². The maximum atomic E-state index is 14.7. The fourth-order valence-corrected chi connectivity index (χ4v) is 3.56. The van der Waals surface area contributed by atoms with Gasteiger partial charge in [-0.1, -0.05) is 18.1 Å². The third-order valence-electron chi connectivity index (χ3n) is 3.49. The van der Waals surface area contributed by atoms with Crippen molar-refractivity contribution in [2.24, 2.45) is 0 Å². The van der Waals surface area contributed by atoms with Crippen LogP contribution in [0.1, 0.15) is 35.9 Å². The predicted octanol–water partition coefficient (Wildman–Crippen LogP) is 3.38. The molecule has 0 saturated carbocycles. The van der Waals surface area contributed by atoms with Crippen LogP contribution in [0, 0.1) is 12.7 Å². The van der Waals surface area contributed by atoms with Gasteiger partial charge in [0, 0.05) is 29.0 Å². The van der Waals surface area contributed by atoms with E-state index < -0.39 is 52.0 Å². The van der Waals surface area contributed by atoms with Crippen LogP contribution in [0.2, 0.25) is 0 Å². The van der Waals surface area contributed by atoms with E-state index in [9.17, 15) is 26.6 Å². The van der Waals surface area contributed by atoms with E-state index in [1.807, 2.05) is 0 Å². The van der Waals surface area contributed by atoms with Crippen molar-refractivity contribution in [2.45, 2.75) is 38.6 Å². The first kappa shape index (κ1) is 21.0. The van der Waals surface area contributed by atoms with Crippen LogP contribution in [0.4, 0.5) is 23.6 Å².